The molecule has 34 heavy (non-hydrogen) atoms. The van der Waals surface area contributed by atoms with Crippen LogP contribution in [-0.2, 0) is 16.1 Å². The third-order valence-electron chi connectivity index (χ3n) is 5.27. The van der Waals surface area contributed by atoms with Crippen LogP contribution in [0.2, 0.25) is 0 Å². The highest BCUT2D eigenvalue weighted by molar-refractivity contribution is 6.22. The standard InChI is InChI=1S/C26H23N3O5/c1-34-26(33)18-9-12-20-21(13-18)29-25(32)23(20)24(17-5-3-2-4-6-17)28-19-10-7-16(8-11-19)14-27-15-22(30)31/h2-13,27,29,32H,14-15H2,1H3,(H,30,31). The summed E-state index contributed by atoms with van der Waals surface area (Å²) < 4.78 is 4.79. The highest BCUT2D eigenvalue weighted by atomic mass is 16.5. The molecule has 0 atom stereocenters. The number of esters is 1. The molecule has 172 valence electrons. The molecule has 8 nitrogen and oxygen atoms in total. The van der Waals surface area contributed by atoms with E-state index in [-0.39, 0.29) is 12.4 Å². The van der Waals surface area contributed by atoms with Gasteiger partial charge in [-0.3, -0.25) is 4.79 Å². The molecule has 4 rings (SSSR count). The molecule has 0 fully saturated rings. The number of aliphatic carboxylic acids is 1. The van der Waals surface area contributed by atoms with Crippen LogP contribution in [0.3, 0.4) is 0 Å². The van der Waals surface area contributed by atoms with Gasteiger partial charge in [0.1, 0.15) is 0 Å². The van der Waals surface area contributed by atoms with Gasteiger partial charge in [-0.1, -0.05) is 48.5 Å². The minimum atomic E-state index is -0.911. The molecular formula is C26H23N3O5. The summed E-state index contributed by atoms with van der Waals surface area (Å²) >= 11 is 0. The Morgan fingerprint density at radius 3 is 2.41 bits per heavy atom. The lowest BCUT2D eigenvalue weighted by molar-refractivity contribution is -0.136. The number of nitrogens with zero attached hydrogens (tertiary/aromatic N) is 1. The Bertz CT molecular complexity index is 1360. The first-order valence-corrected chi connectivity index (χ1v) is 10.5. The summed E-state index contributed by atoms with van der Waals surface area (Å²) in [4.78, 5) is 30.4. The van der Waals surface area contributed by atoms with E-state index in [0.29, 0.717) is 40.0 Å². The number of H-pyrrole nitrogens is 1. The van der Waals surface area contributed by atoms with Crippen molar-refractivity contribution in [2.45, 2.75) is 6.54 Å². The second-order valence-electron chi connectivity index (χ2n) is 7.59. The zero-order valence-electron chi connectivity index (χ0n) is 18.4. The fourth-order valence-corrected chi connectivity index (χ4v) is 3.66. The predicted octanol–water partition coefficient (Wildman–Crippen LogP) is 4.00. The van der Waals surface area contributed by atoms with Gasteiger partial charge in [0.15, 0.2) is 5.88 Å². The summed E-state index contributed by atoms with van der Waals surface area (Å²) in [7, 11) is 1.32. The number of fused-ring (bicyclic) bond motifs is 1. The summed E-state index contributed by atoms with van der Waals surface area (Å²) in [6, 6.07) is 21.9. The molecular weight excluding hydrogens is 434 g/mol. The van der Waals surface area contributed by atoms with Gasteiger partial charge < -0.3 is 25.3 Å². The van der Waals surface area contributed by atoms with Gasteiger partial charge in [0.25, 0.3) is 0 Å². The van der Waals surface area contributed by atoms with Crippen LogP contribution >= 0.6 is 0 Å². The Morgan fingerprint density at radius 1 is 1.00 bits per heavy atom. The number of aromatic amines is 1. The number of carbonyl (C=O) groups is 2. The maximum Gasteiger partial charge on any atom is 0.337 e. The lowest BCUT2D eigenvalue weighted by Crippen LogP contribution is -2.21. The highest BCUT2D eigenvalue weighted by Gasteiger charge is 2.20. The molecule has 0 aliphatic carbocycles. The molecule has 0 spiro atoms. The third-order valence-corrected chi connectivity index (χ3v) is 5.27. The number of benzene rings is 3. The first kappa shape index (κ1) is 22.8. The van der Waals surface area contributed by atoms with Crippen LogP contribution in [0.4, 0.5) is 5.69 Å². The summed E-state index contributed by atoms with van der Waals surface area (Å²) in [5.41, 5.74) is 4.43. The molecule has 0 saturated heterocycles. The van der Waals surface area contributed by atoms with Gasteiger partial charge in [0, 0.05) is 23.0 Å². The first-order chi connectivity index (χ1) is 16.5. The number of carboxylic acid groups (broad SMARTS) is 1. The molecule has 0 amide bonds. The van der Waals surface area contributed by atoms with E-state index >= 15 is 0 Å². The van der Waals surface area contributed by atoms with Crippen LogP contribution in [0.25, 0.3) is 10.9 Å². The quantitative estimate of drug-likeness (QED) is 0.234. The normalized spacial score (nSPS) is 11.5. The van der Waals surface area contributed by atoms with Crippen molar-refractivity contribution < 1.29 is 24.5 Å². The van der Waals surface area contributed by atoms with Gasteiger partial charge in [-0.25, -0.2) is 9.79 Å². The van der Waals surface area contributed by atoms with Crippen molar-refractivity contribution in [1.82, 2.24) is 10.3 Å². The molecule has 4 aromatic rings. The second-order valence-corrected chi connectivity index (χ2v) is 7.59. The lowest BCUT2D eigenvalue weighted by Gasteiger charge is -2.09. The van der Waals surface area contributed by atoms with E-state index in [1.165, 1.54) is 7.11 Å². The SMILES string of the molecule is COC(=O)c1ccc2c(C(=Nc3ccc(CNCC(=O)O)cc3)c3ccccc3)c(O)[nH]c2c1. The number of rotatable bonds is 8. The molecule has 0 bridgehead atoms. The largest absolute Gasteiger partial charge is 0.494 e. The fourth-order valence-electron chi connectivity index (χ4n) is 3.66. The van der Waals surface area contributed by atoms with E-state index in [4.69, 9.17) is 14.8 Å². The maximum absolute atomic E-state index is 11.9. The van der Waals surface area contributed by atoms with Crippen molar-refractivity contribution in [2.75, 3.05) is 13.7 Å². The summed E-state index contributed by atoms with van der Waals surface area (Å²) in [6.07, 6.45) is 0. The smallest absolute Gasteiger partial charge is 0.337 e. The van der Waals surface area contributed by atoms with Gasteiger partial charge >= 0.3 is 11.9 Å². The van der Waals surface area contributed by atoms with Crippen LogP contribution in [0, 0.1) is 0 Å². The number of carboxylic acids is 1. The second kappa shape index (κ2) is 10.0. The number of hydrogen-bond donors (Lipinski definition) is 4. The Labute approximate surface area is 195 Å². The number of carbonyl (C=O) groups excluding carboxylic acids is 1. The lowest BCUT2D eigenvalue weighted by atomic mass is 10.00. The number of aliphatic imine (C=N–C) groups is 1. The number of nitrogens with one attached hydrogen (secondary N) is 2. The molecule has 0 aliphatic rings. The van der Waals surface area contributed by atoms with Crippen LogP contribution in [0.1, 0.15) is 27.0 Å². The minimum Gasteiger partial charge on any atom is -0.494 e. The van der Waals surface area contributed by atoms with Crippen LogP contribution < -0.4 is 5.32 Å². The fraction of sp³-hybridized carbons (Fsp3) is 0.115. The Hall–Kier alpha value is -4.43. The monoisotopic (exact) mass is 457 g/mol. The molecule has 0 unspecified atom stereocenters. The predicted molar refractivity (Wildman–Crippen MR) is 129 cm³/mol. The van der Waals surface area contributed by atoms with E-state index in [0.717, 1.165) is 11.1 Å². The van der Waals surface area contributed by atoms with Crippen LogP contribution in [0.15, 0.2) is 77.8 Å². The topological polar surface area (TPSA) is 124 Å². The first-order valence-electron chi connectivity index (χ1n) is 10.5. The van der Waals surface area contributed by atoms with Gasteiger partial charge in [0.05, 0.1) is 36.2 Å². The van der Waals surface area contributed by atoms with Crippen molar-refractivity contribution in [3.05, 3.63) is 95.1 Å². The highest BCUT2D eigenvalue weighted by Crippen LogP contribution is 2.32. The number of methoxy groups -OCH3 is 1. The summed E-state index contributed by atoms with van der Waals surface area (Å²) in [5, 5.41) is 23.1. The molecule has 4 N–H and O–H groups in total. The van der Waals surface area contributed by atoms with Crippen molar-refractivity contribution in [3.8, 4) is 5.88 Å². The van der Waals surface area contributed by atoms with E-state index in [2.05, 4.69) is 10.3 Å². The number of aromatic nitrogens is 1. The van der Waals surface area contributed by atoms with Crippen LogP contribution in [0.5, 0.6) is 5.88 Å². The molecule has 0 aliphatic heterocycles. The molecule has 1 heterocycles. The third kappa shape index (κ3) is 4.97. The average molecular weight is 457 g/mol. The van der Waals surface area contributed by atoms with E-state index in [1.807, 2.05) is 54.6 Å². The van der Waals surface area contributed by atoms with Crippen molar-refractivity contribution in [2.24, 2.45) is 4.99 Å². The van der Waals surface area contributed by atoms with Crippen molar-refractivity contribution >= 4 is 34.2 Å². The Balaban J connectivity index is 1.75. The van der Waals surface area contributed by atoms with Crippen molar-refractivity contribution in [1.29, 1.82) is 0 Å². The maximum atomic E-state index is 11.9. The zero-order valence-corrected chi connectivity index (χ0v) is 18.4. The average Bonchev–Trinajstić information content (AvgIpc) is 3.18. The Morgan fingerprint density at radius 2 is 1.74 bits per heavy atom. The number of aromatic hydroxyl groups is 1. The van der Waals surface area contributed by atoms with E-state index in [9.17, 15) is 14.7 Å². The number of hydrogen-bond acceptors (Lipinski definition) is 6. The Kier molecular flexibility index (Phi) is 6.70. The van der Waals surface area contributed by atoms with Gasteiger partial charge in [-0.2, -0.15) is 0 Å². The summed E-state index contributed by atoms with van der Waals surface area (Å²) in [5.74, 6) is -1.44. The molecule has 0 radical (unpaired) electrons. The van der Waals surface area contributed by atoms with Gasteiger partial charge in [-0.15, -0.1) is 0 Å². The van der Waals surface area contributed by atoms with E-state index in [1.54, 1.807) is 18.2 Å². The van der Waals surface area contributed by atoms with E-state index < -0.39 is 11.9 Å². The minimum absolute atomic E-state index is 0.0610. The number of ether oxygens (including phenoxy) is 1. The van der Waals surface area contributed by atoms with Gasteiger partial charge in [0.2, 0.25) is 0 Å². The summed E-state index contributed by atoms with van der Waals surface area (Å²) in [6.45, 7) is 0.309. The van der Waals surface area contributed by atoms with Crippen molar-refractivity contribution in [3.63, 3.8) is 0 Å². The zero-order chi connectivity index (χ0) is 24.1. The van der Waals surface area contributed by atoms with Gasteiger partial charge in [-0.05, 0) is 29.8 Å². The molecule has 0 saturated carbocycles. The molecule has 1 aromatic heterocycles. The molecule has 3 aromatic carbocycles. The molecule has 8 heteroatoms. The van der Waals surface area contributed by atoms with Crippen LogP contribution in [-0.4, -0.2) is 46.5 Å².